The number of hydrogen-bond donors (Lipinski definition) is 2. The molecule has 0 spiro atoms. The third-order valence-electron chi connectivity index (χ3n) is 2.95. The molecular formula is C15H17NO2S. The lowest BCUT2D eigenvalue weighted by molar-refractivity contribution is -0.120. The first-order chi connectivity index (χ1) is 9.16. The lowest BCUT2D eigenvalue weighted by Gasteiger charge is -2.14. The third kappa shape index (κ3) is 3.91. The van der Waals surface area contributed by atoms with Gasteiger partial charge in [0.1, 0.15) is 0 Å². The van der Waals surface area contributed by atoms with E-state index in [0.29, 0.717) is 6.42 Å². The molecule has 4 heteroatoms. The van der Waals surface area contributed by atoms with Crippen molar-refractivity contribution in [2.45, 2.75) is 19.4 Å². The number of amides is 1. The number of aliphatic hydroxyl groups excluding tert-OH is 1. The molecule has 2 rings (SSSR count). The standard InChI is InChI=1S/C15H17NO2S/c1-11-5-2-3-7-13(11)14(17)10-16-15(18)9-12-6-4-8-19-12/h2-8,14,17H,9-10H2,1H3,(H,16,18). The number of hydrogen-bond acceptors (Lipinski definition) is 3. The molecule has 1 amide bonds. The summed E-state index contributed by atoms with van der Waals surface area (Å²) in [4.78, 5) is 12.7. The van der Waals surface area contributed by atoms with E-state index in [2.05, 4.69) is 5.32 Å². The van der Waals surface area contributed by atoms with Crippen molar-refractivity contribution >= 4 is 17.2 Å². The van der Waals surface area contributed by atoms with E-state index in [1.54, 1.807) is 11.3 Å². The number of aliphatic hydroxyl groups is 1. The van der Waals surface area contributed by atoms with Gasteiger partial charge in [-0.25, -0.2) is 0 Å². The van der Waals surface area contributed by atoms with E-state index in [9.17, 15) is 9.90 Å². The van der Waals surface area contributed by atoms with Crippen LogP contribution in [-0.4, -0.2) is 17.6 Å². The Hall–Kier alpha value is -1.65. The smallest absolute Gasteiger partial charge is 0.225 e. The van der Waals surface area contributed by atoms with Crippen LogP contribution in [0.1, 0.15) is 22.1 Å². The van der Waals surface area contributed by atoms with Crippen LogP contribution in [0.3, 0.4) is 0 Å². The molecule has 0 bridgehead atoms. The highest BCUT2D eigenvalue weighted by molar-refractivity contribution is 7.10. The Morgan fingerprint density at radius 1 is 1.32 bits per heavy atom. The second kappa shape index (κ2) is 6.50. The summed E-state index contributed by atoms with van der Waals surface area (Å²) in [5.74, 6) is -0.0601. The van der Waals surface area contributed by atoms with Crippen LogP contribution < -0.4 is 5.32 Å². The minimum absolute atomic E-state index is 0.0601. The molecule has 1 atom stereocenters. The van der Waals surface area contributed by atoms with Gasteiger partial charge in [-0.15, -0.1) is 11.3 Å². The predicted octanol–water partition coefficient (Wildman–Crippen LogP) is 2.45. The first-order valence-corrected chi connectivity index (χ1v) is 7.07. The van der Waals surface area contributed by atoms with Crippen LogP contribution in [0.4, 0.5) is 0 Å². The number of carbonyl (C=O) groups is 1. The van der Waals surface area contributed by atoms with Gasteiger partial charge in [0.15, 0.2) is 0 Å². The Morgan fingerprint density at radius 2 is 2.11 bits per heavy atom. The number of rotatable bonds is 5. The average molecular weight is 275 g/mol. The molecule has 1 aromatic carbocycles. The van der Waals surface area contributed by atoms with Gasteiger partial charge in [-0.3, -0.25) is 4.79 Å². The minimum atomic E-state index is -0.659. The molecule has 2 aromatic rings. The zero-order valence-electron chi connectivity index (χ0n) is 10.8. The summed E-state index contributed by atoms with van der Waals surface area (Å²) in [6, 6.07) is 11.5. The van der Waals surface area contributed by atoms with Crippen molar-refractivity contribution in [3.05, 3.63) is 57.8 Å². The molecule has 3 nitrogen and oxygen atoms in total. The van der Waals surface area contributed by atoms with Crippen LogP contribution in [0.15, 0.2) is 41.8 Å². The Kier molecular flexibility index (Phi) is 4.71. The van der Waals surface area contributed by atoms with Gasteiger partial charge in [0, 0.05) is 11.4 Å². The van der Waals surface area contributed by atoms with Gasteiger partial charge in [0.2, 0.25) is 5.91 Å². The van der Waals surface area contributed by atoms with Gasteiger partial charge < -0.3 is 10.4 Å². The van der Waals surface area contributed by atoms with E-state index < -0.39 is 6.10 Å². The van der Waals surface area contributed by atoms with Gasteiger partial charge in [0.05, 0.1) is 12.5 Å². The predicted molar refractivity (Wildman–Crippen MR) is 77.2 cm³/mol. The van der Waals surface area contributed by atoms with Crippen LogP contribution in [0.5, 0.6) is 0 Å². The van der Waals surface area contributed by atoms with Gasteiger partial charge in [-0.2, -0.15) is 0 Å². The van der Waals surface area contributed by atoms with E-state index in [0.717, 1.165) is 16.0 Å². The highest BCUT2D eigenvalue weighted by Crippen LogP contribution is 2.16. The fourth-order valence-electron chi connectivity index (χ4n) is 1.92. The maximum Gasteiger partial charge on any atom is 0.225 e. The zero-order chi connectivity index (χ0) is 13.7. The van der Waals surface area contributed by atoms with Crippen molar-refractivity contribution in [2.24, 2.45) is 0 Å². The molecule has 0 fully saturated rings. The molecule has 2 N–H and O–H groups in total. The lowest BCUT2D eigenvalue weighted by Crippen LogP contribution is -2.29. The van der Waals surface area contributed by atoms with E-state index in [4.69, 9.17) is 0 Å². The topological polar surface area (TPSA) is 49.3 Å². The maximum atomic E-state index is 11.7. The fourth-order valence-corrected chi connectivity index (χ4v) is 2.62. The van der Waals surface area contributed by atoms with Crippen molar-refractivity contribution in [1.29, 1.82) is 0 Å². The molecule has 19 heavy (non-hydrogen) atoms. The van der Waals surface area contributed by atoms with E-state index >= 15 is 0 Å². The quantitative estimate of drug-likeness (QED) is 0.880. The Morgan fingerprint density at radius 3 is 2.79 bits per heavy atom. The highest BCUT2D eigenvalue weighted by atomic mass is 32.1. The normalized spacial score (nSPS) is 12.1. The SMILES string of the molecule is Cc1ccccc1C(O)CNC(=O)Cc1cccs1. The molecule has 0 aliphatic rings. The summed E-state index contributed by atoms with van der Waals surface area (Å²) in [6.07, 6.45) is -0.286. The van der Waals surface area contributed by atoms with Crippen LogP contribution >= 0.6 is 11.3 Å². The first kappa shape index (κ1) is 13.8. The minimum Gasteiger partial charge on any atom is -0.387 e. The maximum absolute atomic E-state index is 11.7. The summed E-state index contributed by atoms with van der Waals surface area (Å²) in [6.45, 7) is 2.20. The van der Waals surface area contributed by atoms with E-state index in [1.807, 2.05) is 48.7 Å². The Bertz CT molecular complexity index is 537. The molecule has 0 aliphatic carbocycles. The second-order valence-corrected chi connectivity index (χ2v) is 5.46. The van der Waals surface area contributed by atoms with E-state index in [-0.39, 0.29) is 12.5 Å². The molecule has 0 aliphatic heterocycles. The van der Waals surface area contributed by atoms with Gasteiger partial charge in [-0.05, 0) is 29.5 Å². The zero-order valence-corrected chi connectivity index (χ0v) is 11.6. The van der Waals surface area contributed by atoms with Gasteiger partial charge in [0.25, 0.3) is 0 Å². The van der Waals surface area contributed by atoms with E-state index in [1.165, 1.54) is 0 Å². The van der Waals surface area contributed by atoms with Crippen molar-refractivity contribution < 1.29 is 9.90 Å². The van der Waals surface area contributed by atoms with Gasteiger partial charge >= 0.3 is 0 Å². The summed E-state index contributed by atoms with van der Waals surface area (Å²) in [5.41, 5.74) is 1.89. The molecule has 1 heterocycles. The number of aryl methyl sites for hydroxylation is 1. The monoisotopic (exact) mass is 275 g/mol. The van der Waals surface area contributed by atoms with Crippen LogP contribution in [-0.2, 0) is 11.2 Å². The largest absolute Gasteiger partial charge is 0.387 e. The third-order valence-corrected chi connectivity index (χ3v) is 3.83. The van der Waals surface area contributed by atoms with Crippen molar-refractivity contribution in [1.82, 2.24) is 5.32 Å². The van der Waals surface area contributed by atoms with Crippen LogP contribution in [0.2, 0.25) is 0 Å². The summed E-state index contributed by atoms with van der Waals surface area (Å²) >= 11 is 1.56. The molecule has 0 radical (unpaired) electrons. The summed E-state index contributed by atoms with van der Waals surface area (Å²) in [5, 5.41) is 14.8. The molecule has 1 aromatic heterocycles. The Labute approximate surface area is 116 Å². The lowest BCUT2D eigenvalue weighted by atomic mass is 10.0. The number of benzene rings is 1. The molecule has 1 unspecified atom stereocenters. The van der Waals surface area contributed by atoms with Crippen molar-refractivity contribution in [3.63, 3.8) is 0 Å². The van der Waals surface area contributed by atoms with Crippen LogP contribution in [0, 0.1) is 6.92 Å². The summed E-state index contributed by atoms with van der Waals surface area (Å²) < 4.78 is 0. The summed E-state index contributed by atoms with van der Waals surface area (Å²) in [7, 11) is 0. The number of nitrogens with one attached hydrogen (secondary N) is 1. The molecule has 0 saturated carbocycles. The fraction of sp³-hybridized carbons (Fsp3) is 0.267. The number of carbonyl (C=O) groups excluding carboxylic acids is 1. The highest BCUT2D eigenvalue weighted by Gasteiger charge is 2.11. The van der Waals surface area contributed by atoms with Crippen molar-refractivity contribution in [2.75, 3.05) is 6.54 Å². The Balaban J connectivity index is 1.85. The molecule has 100 valence electrons. The number of thiophene rings is 1. The second-order valence-electron chi connectivity index (χ2n) is 4.43. The molecule has 0 saturated heterocycles. The average Bonchev–Trinajstić information content (AvgIpc) is 2.89. The van der Waals surface area contributed by atoms with Gasteiger partial charge in [-0.1, -0.05) is 30.3 Å². The van der Waals surface area contributed by atoms with Crippen molar-refractivity contribution in [3.8, 4) is 0 Å². The molecular weight excluding hydrogens is 258 g/mol. The first-order valence-electron chi connectivity index (χ1n) is 6.19. The van der Waals surface area contributed by atoms with Crippen LogP contribution in [0.25, 0.3) is 0 Å².